The maximum Gasteiger partial charge on any atom is 0.162 e. The highest BCUT2D eigenvalue weighted by atomic mass is 16.3. The lowest BCUT2D eigenvalue weighted by atomic mass is 9.91. The molecule has 0 bridgehead atoms. The summed E-state index contributed by atoms with van der Waals surface area (Å²) in [6.07, 6.45) is 3.13. The number of allylic oxidation sites excluding steroid dienone is 1. The molecule has 0 fully saturated rings. The van der Waals surface area contributed by atoms with Crippen LogP contribution in [0.25, 0.3) is 0 Å². The van der Waals surface area contributed by atoms with Crippen LogP contribution in [0.4, 0.5) is 5.69 Å². The number of carbonyl (C=O) groups is 1. The minimum atomic E-state index is -0.354. The molecule has 0 heterocycles. The van der Waals surface area contributed by atoms with E-state index in [9.17, 15) is 4.79 Å². The van der Waals surface area contributed by atoms with Crippen LogP contribution < -0.4 is 5.32 Å². The summed E-state index contributed by atoms with van der Waals surface area (Å²) in [6.45, 7) is 5.63. The number of phenols is 1. The maximum atomic E-state index is 11.5. The van der Waals surface area contributed by atoms with Gasteiger partial charge < -0.3 is 10.4 Å². The van der Waals surface area contributed by atoms with E-state index in [-0.39, 0.29) is 16.9 Å². The van der Waals surface area contributed by atoms with Gasteiger partial charge in [-0.25, -0.2) is 0 Å². The molecular weight excluding hydrogens is 202 g/mol. The first kappa shape index (κ1) is 12.3. The molecule has 0 radical (unpaired) electrons. The zero-order valence-electron chi connectivity index (χ0n) is 9.82. The van der Waals surface area contributed by atoms with Crippen LogP contribution in [0.15, 0.2) is 36.5 Å². The molecule has 0 spiro atoms. The number of nitrogens with one attached hydrogen (secondary N) is 1. The van der Waals surface area contributed by atoms with Gasteiger partial charge in [0.2, 0.25) is 0 Å². The molecule has 0 aliphatic carbocycles. The van der Waals surface area contributed by atoms with Crippen LogP contribution >= 0.6 is 0 Å². The molecule has 86 valence electrons. The monoisotopic (exact) mass is 219 g/mol. The second-order valence-electron chi connectivity index (χ2n) is 4.64. The van der Waals surface area contributed by atoms with Crippen LogP contribution in [0.2, 0.25) is 0 Å². The van der Waals surface area contributed by atoms with Gasteiger partial charge in [0, 0.05) is 17.3 Å². The molecule has 0 unspecified atom stereocenters. The number of phenolic OH excluding ortho intramolecular Hbond substituents is 1. The number of hydrogen-bond acceptors (Lipinski definition) is 3. The Morgan fingerprint density at radius 3 is 2.31 bits per heavy atom. The third kappa shape index (κ3) is 3.77. The average Bonchev–Trinajstić information content (AvgIpc) is 2.19. The van der Waals surface area contributed by atoms with Crippen molar-refractivity contribution < 1.29 is 9.90 Å². The van der Waals surface area contributed by atoms with E-state index in [1.165, 1.54) is 6.08 Å². The van der Waals surface area contributed by atoms with E-state index in [1.54, 1.807) is 30.5 Å². The second kappa shape index (κ2) is 4.84. The van der Waals surface area contributed by atoms with E-state index in [2.05, 4.69) is 5.32 Å². The van der Waals surface area contributed by atoms with E-state index >= 15 is 0 Å². The van der Waals surface area contributed by atoms with Gasteiger partial charge >= 0.3 is 0 Å². The fourth-order valence-electron chi connectivity index (χ4n) is 1.02. The van der Waals surface area contributed by atoms with E-state index in [4.69, 9.17) is 5.11 Å². The number of aromatic hydroxyl groups is 1. The normalized spacial score (nSPS) is 11.7. The van der Waals surface area contributed by atoms with E-state index in [0.717, 1.165) is 5.69 Å². The molecule has 3 nitrogen and oxygen atoms in total. The Kier molecular flexibility index (Phi) is 3.72. The van der Waals surface area contributed by atoms with Crippen molar-refractivity contribution in [1.82, 2.24) is 0 Å². The van der Waals surface area contributed by atoms with Crippen molar-refractivity contribution in [2.45, 2.75) is 20.8 Å². The van der Waals surface area contributed by atoms with Gasteiger partial charge in [0.05, 0.1) is 0 Å². The summed E-state index contributed by atoms with van der Waals surface area (Å²) in [7, 11) is 0. The molecule has 16 heavy (non-hydrogen) atoms. The first-order chi connectivity index (χ1) is 7.39. The Bertz CT molecular complexity index is 385. The highest BCUT2D eigenvalue weighted by Crippen LogP contribution is 2.16. The van der Waals surface area contributed by atoms with Crippen LogP contribution in [0.3, 0.4) is 0 Å². The summed E-state index contributed by atoms with van der Waals surface area (Å²) in [5, 5.41) is 12.0. The van der Waals surface area contributed by atoms with Crippen molar-refractivity contribution in [2.75, 3.05) is 5.32 Å². The van der Waals surface area contributed by atoms with Crippen molar-refractivity contribution in [2.24, 2.45) is 5.41 Å². The van der Waals surface area contributed by atoms with Crippen molar-refractivity contribution in [3.63, 3.8) is 0 Å². The van der Waals surface area contributed by atoms with Gasteiger partial charge in [-0.15, -0.1) is 0 Å². The van der Waals surface area contributed by atoms with Gasteiger partial charge in [0.15, 0.2) is 5.78 Å². The van der Waals surface area contributed by atoms with Crippen LogP contribution in [-0.4, -0.2) is 10.9 Å². The first-order valence-electron chi connectivity index (χ1n) is 5.16. The number of benzene rings is 1. The first-order valence-corrected chi connectivity index (χ1v) is 5.16. The van der Waals surface area contributed by atoms with Crippen molar-refractivity contribution in [1.29, 1.82) is 0 Å². The highest BCUT2D eigenvalue weighted by molar-refractivity contribution is 5.94. The molecule has 1 rings (SSSR count). The molecule has 0 atom stereocenters. The quantitative estimate of drug-likeness (QED) is 0.607. The van der Waals surface area contributed by atoms with Crippen LogP contribution in [0.1, 0.15) is 20.8 Å². The summed E-state index contributed by atoms with van der Waals surface area (Å²) in [5.41, 5.74) is 0.475. The molecule has 0 amide bonds. The Morgan fingerprint density at radius 1 is 1.25 bits per heavy atom. The topological polar surface area (TPSA) is 49.3 Å². The zero-order chi connectivity index (χ0) is 12.2. The number of anilines is 1. The Balaban J connectivity index is 2.55. The fourth-order valence-corrected chi connectivity index (χ4v) is 1.02. The lowest BCUT2D eigenvalue weighted by Crippen LogP contribution is -2.17. The average molecular weight is 219 g/mol. The summed E-state index contributed by atoms with van der Waals surface area (Å²) < 4.78 is 0. The van der Waals surface area contributed by atoms with E-state index < -0.39 is 0 Å². The Labute approximate surface area is 95.8 Å². The maximum absolute atomic E-state index is 11.5. The van der Waals surface area contributed by atoms with Crippen LogP contribution in [-0.2, 0) is 4.79 Å². The largest absolute Gasteiger partial charge is 0.508 e. The molecule has 0 aromatic heterocycles. The third-order valence-corrected chi connectivity index (χ3v) is 2.09. The van der Waals surface area contributed by atoms with E-state index in [0.29, 0.717) is 0 Å². The molecule has 0 saturated carbocycles. The number of hydrogen-bond donors (Lipinski definition) is 2. The second-order valence-corrected chi connectivity index (χ2v) is 4.64. The number of carbonyl (C=O) groups excluding carboxylic acids is 1. The molecule has 1 aromatic carbocycles. The molecule has 2 N–H and O–H groups in total. The van der Waals surface area contributed by atoms with Gasteiger partial charge in [-0.05, 0) is 30.3 Å². The lowest BCUT2D eigenvalue weighted by molar-refractivity contribution is -0.121. The Hall–Kier alpha value is -1.77. The van der Waals surface area contributed by atoms with Gasteiger partial charge in [-0.1, -0.05) is 20.8 Å². The minimum absolute atomic E-state index is 0.0683. The highest BCUT2D eigenvalue weighted by Gasteiger charge is 2.17. The molecule has 3 heteroatoms. The molecular formula is C13H17NO2. The standard InChI is InChI=1S/C13H17NO2/c1-13(2,3)12(16)8-9-14-10-4-6-11(15)7-5-10/h4-9,14-15H,1-3H3/b9-8+. The number of rotatable bonds is 3. The zero-order valence-corrected chi connectivity index (χ0v) is 9.82. The summed E-state index contributed by atoms with van der Waals surface area (Å²) >= 11 is 0. The van der Waals surface area contributed by atoms with Gasteiger partial charge in [0.25, 0.3) is 0 Å². The van der Waals surface area contributed by atoms with Gasteiger partial charge in [-0.2, -0.15) is 0 Å². The van der Waals surface area contributed by atoms with Gasteiger partial charge in [-0.3, -0.25) is 4.79 Å². The van der Waals surface area contributed by atoms with Crippen LogP contribution in [0, 0.1) is 5.41 Å². The Morgan fingerprint density at radius 2 is 1.81 bits per heavy atom. The predicted molar refractivity (Wildman–Crippen MR) is 65.3 cm³/mol. The minimum Gasteiger partial charge on any atom is -0.508 e. The molecule has 0 aliphatic heterocycles. The molecule has 0 saturated heterocycles. The SMILES string of the molecule is CC(C)(C)C(=O)/C=C/Nc1ccc(O)cc1. The molecule has 1 aromatic rings. The summed E-state index contributed by atoms with van der Waals surface area (Å²) in [5.74, 6) is 0.291. The number of ketones is 1. The van der Waals surface area contributed by atoms with Crippen LogP contribution in [0.5, 0.6) is 5.75 Å². The predicted octanol–water partition coefficient (Wildman–Crippen LogP) is 2.93. The van der Waals surface area contributed by atoms with Crippen molar-refractivity contribution in [3.8, 4) is 5.75 Å². The third-order valence-electron chi connectivity index (χ3n) is 2.09. The fraction of sp³-hybridized carbons (Fsp3) is 0.308. The lowest BCUT2D eigenvalue weighted by Gasteiger charge is -2.12. The van der Waals surface area contributed by atoms with Crippen molar-refractivity contribution >= 4 is 11.5 Å². The van der Waals surface area contributed by atoms with E-state index in [1.807, 2.05) is 20.8 Å². The summed E-state index contributed by atoms with van der Waals surface area (Å²) in [4.78, 5) is 11.5. The smallest absolute Gasteiger partial charge is 0.162 e. The molecule has 0 aliphatic rings. The summed E-state index contributed by atoms with van der Waals surface area (Å²) in [6, 6.07) is 6.64. The van der Waals surface area contributed by atoms with Crippen molar-refractivity contribution in [3.05, 3.63) is 36.5 Å². The van der Waals surface area contributed by atoms with Gasteiger partial charge in [0.1, 0.15) is 5.75 Å².